The standard InChI is InChI=1S/C14H15BrN2O2/c1-10-13(15)11(2)17(14(18)16-10)8-9-19-12-6-4-3-5-7-12/h3-7H,8-9H2,1-2H3. The molecule has 2 rings (SSSR count). The summed E-state index contributed by atoms with van der Waals surface area (Å²) in [6.45, 7) is 4.61. The van der Waals surface area contributed by atoms with Crippen molar-refractivity contribution in [2.75, 3.05) is 6.61 Å². The Bertz CT molecular complexity index is 623. The van der Waals surface area contributed by atoms with Gasteiger partial charge in [-0.2, -0.15) is 4.98 Å². The monoisotopic (exact) mass is 322 g/mol. The van der Waals surface area contributed by atoms with Crippen molar-refractivity contribution in [1.29, 1.82) is 0 Å². The Labute approximate surface area is 120 Å². The van der Waals surface area contributed by atoms with Crippen LogP contribution < -0.4 is 10.4 Å². The smallest absolute Gasteiger partial charge is 0.348 e. The van der Waals surface area contributed by atoms with E-state index in [4.69, 9.17) is 4.74 Å². The summed E-state index contributed by atoms with van der Waals surface area (Å²) < 4.78 is 8.07. The Hall–Kier alpha value is -1.62. The molecule has 0 radical (unpaired) electrons. The van der Waals surface area contributed by atoms with Crippen LogP contribution in [-0.2, 0) is 6.54 Å². The Morgan fingerprint density at radius 3 is 2.63 bits per heavy atom. The van der Waals surface area contributed by atoms with Crippen LogP contribution in [0, 0.1) is 13.8 Å². The van der Waals surface area contributed by atoms with Crippen LogP contribution in [0.25, 0.3) is 0 Å². The van der Waals surface area contributed by atoms with Crippen LogP contribution in [0.4, 0.5) is 0 Å². The van der Waals surface area contributed by atoms with Gasteiger partial charge in [-0.3, -0.25) is 4.57 Å². The molecule has 0 aliphatic heterocycles. The number of aromatic nitrogens is 2. The van der Waals surface area contributed by atoms with Crippen molar-refractivity contribution in [3.05, 3.63) is 56.7 Å². The molecule has 4 nitrogen and oxygen atoms in total. The third-order valence-corrected chi connectivity index (χ3v) is 4.01. The van der Waals surface area contributed by atoms with Crippen LogP contribution >= 0.6 is 15.9 Å². The molecule has 2 aromatic rings. The first-order valence-electron chi connectivity index (χ1n) is 6.01. The Morgan fingerprint density at radius 2 is 1.95 bits per heavy atom. The molecular formula is C14H15BrN2O2. The first-order chi connectivity index (χ1) is 9.09. The fourth-order valence-electron chi connectivity index (χ4n) is 1.81. The normalized spacial score (nSPS) is 10.5. The minimum absolute atomic E-state index is 0.241. The molecule has 0 unspecified atom stereocenters. The number of hydrogen-bond donors (Lipinski definition) is 0. The summed E-state index contributed by atoms with van der Waals surface area (Å²) in [6.07, 6.45) is 0. The summed E-state index contributed by atoms with van der Waals surface area (Å²) in [5, 5.41) is 0. The molecule has 1 aromatic heterocycles. The summed E-state index contributed by atoms with van der Waals surface area (Å²) in [5.41, 5.74) is 1.34. The highest BCUT2D eigenvalue weighted by atomic mass is 79.9. The van der Waals surface area contributed by atoms with Crippen LogP contribution in [0.2, 0.25) is 0 Å². The minimum Gasteiger partial charge on any atom is -0.492 e. The van der Waals surface area contributed by atoms with Crippen LogP contribution in [0.1, 0.15) is 11.4 Å². The van der Waals surface area contributed by atoms with Gasteiger partial charge in [-0.15, -0.1) is 0 Å². The molecule has 1 heterocycles. The third-order valence-electron chi connectivity index (χ3n) is 2.86. The molecule has 1 aromatic carbocycles. The minimum atomic E-state index is -0.241. The van der Waals surface area contributed by atoms with E-state index in [1.165, 1.54) is 0 Å². The van der Waals surface area contributed by atoms with Crippen LogP contribution in [0.5, 0.6) is 5.75 Å². The van der Waals surface area contributed by atoms with Crippen LogP contribution in [-0.4, -0.2) is 16.2 Å². The lowest BCUT2D eigenvalue weighted by Gasteiger charge is -2.12. The van der Waals surface area contributed by atoms with Crippen molar-refractivity contribution in [1.82, 2.24) is 9.55 Å². The molecule has 0 bridgehead atoms. The van der Waals surface area contributed by atoms with Gasteiger partial charge in [-0.05, 0) is 41.9 Å². The fraction of sp³-hybridized carbons (Fsp3) is 0.286. The maximum absolute atomic E-state index is 11.8. The molecule has 0 saturated carbocycles. The van der Waals surface area contributed by atoms with E-state index in [1.807, 2.05) is 44.2 Å². The highest BCUT2D eigenvalue weighted by Gasteiger charge is 2.08. The van der Waals surface area contributed by atoms with Crippen LogP contribution in [0.3, 0.4) is 0 Å². The van der Waals surface area contributed by atoms with Crippen molar-refractivity contribution < 1.29 is 4.74 Å². The second-order valence-electron chi connectivity index (χ2n) is 4.19. The molecule has 0 aliphatic carbocycles. The second-order valence-corrected chi connectivity index (χ2v) is 4.99. The van der Waals surface area contributed by atoms with Crippen molar-refractivity contribution in [2.24, 2.45) is 0 Å². The zero-order chi connectivity index (χ0) is 13.8. The molecule has 19 heavy (non-hydrogen) atoms. The van der Waals surface area contributed by atoms with Crippen molar-refractivity contribution in [3.8, 4) is 5.75 Å². The zero-order valence-corrected chi connectivity index (χ0v) is 12.5. The van der Waals surface area contributed by atoms with Gasteiger partial charge in [-0.1, -0.05) is 18.2 Å². The third kappa shape index (κ3) is 3.23. The van der Waals surface area contributed by atoms with Gasteiger partial charge in [-0.25, -0.2) is 4.79 Å². The number of para-hydroxylation sites is 1. The number of benzene rings is 1. The lowest BCUT2D eigenvalue weighted by atomic mass is 10.3. The predicted molar refractivity (Wildman–Crippen MR) is 77.6 cm³/mol. The molecule has 0 N–H and O–H groups in total. The lowest BCUT2D eigenvalue weighted by Crippen LogP contribution is -2.28. The quantitative estimate of drug-likeness (QED) is 0.869. The highest BCUT2D eigenvalue weighted by Crippen LogP contribution is 2.16. The molecular weight excluding hydrogens is 308 g/mol. The van der Waals surface area contributed by atoms with Gasteiger partial charge < -0.3 is 4.74 Å². The SMILES string of the molecule is Cc1nc(=O)n(CCOc2ccccc2)c(C)c1Br. The van der Waals surface area contributed by atoms with Gasteiger partial charge in [0.15, 0.2) is 0 Å². The van der Waals surface area contributed by atoms with Crippen LogP contribution in [0.15, 0.2) is 39.6 Å². The summed E-state index contributed by atoms with van der Waals surface area (Å²) in [7, 11) is 0. The van der Waals surface area contributed by atoms with E-state index in [2.05, 4.69) is 20.9 Å². The van der Waals surface area contributed by atoms with Gasteiger partial charge >= 0.3 is 5.69 Å². The summed E-state index contributed by atoms with van der Waals surface area (Å²) in [4.78, 5) is 15.8. The highest BCUT2D eigenvalue weighted by molar-refractivity contribution is 9.10. The number of hydrogen-bond acceptors (Lipinski definition) is 3. The van der Waals surface area contributed by atoms with E-state index in [9.17, 15) is 4.79 Å². The average Bonchev–Trinajstić information content (AvgIpc) is 2.41. The van der Waals surface area contributed by atoms with E-state index in [0.29, 0.717) is 18.8 Å². The van der Waals surface area contributed by atoms with Gasteiger partial charge in [0, 0.05) is 5.69 Å². The molecule has 5 heteroatoms. The molecule has 0 saturated heterocycles. The van der Waals surface area contributed by atoms with Crippen molar-refractivity contribution in [3.63, 3.8) is 0 Å². The first-order valence-corrected chi connectivity index (χ1v) is 6.80. The molecule has 0 fully saturated rings. The number of halogens is 1. The average molecular weight is 323 g/mol. The maximum atomic E-state index is 11.8. The summed E-state index contributed by atoms with van der Waals surface area (Å²) in [5.74, 6) is 0.798. The van der Waals surface area contributed by atoms with Gasteiger partial charge in [0.05, 0.1) is 16.7 Å². The Morgan fingerprint density at radius 1 is 1.26 bits per heavy atom. The summed E-state index contributed by atoms with van der Waals surface area (Å²) in [6, 6.07) is 9.54. The Kier molecular flexibility index (Phi) is 4.37. The molecule has 0 amide bonds. The number of rotatable bonds is 4. The maximum Gasteiger partial charge on any atom is 0.348 e. The van der Waals surface area contributed by atoms with E-state index >= 15 is 0 Å². The van der Waals surface area contributed by atoms with Crippen molar-refractivity contribution >= 4 is 15.9 Å². The Balaban J connectivity index is 2.08. The number of nitrogens with zero attached hydrogens (tertiary/aromatic N) is 2. The molecule has 0 aliphatic rings. The number of ether oxygens (including phenoxy) is 1. The number of aryl methyl sites for hydroxylation is 1. The van der Waals surface area contributed by atoms with Gasteiger partial charge in [0.25, 0.3) is 0 Å². The van der Waals surface area contributed by atoms with Crippen molar-refractivity contribution in [2.45, 2.75) is 20.4 Å². The fourth-order valence-corrected chi connectivity index (χ4v) is 2.11. The molecule has 0 spiro atoms. The van der Waals surface area contributed by atoms with E-state index in [1.54, 1.807) is 4.57 Å². The predicted octanol–water partition coefficient (Wildman–Crippen LogP) is 2.70. The van der Waals surface area contributed by atoms with E-state index < -0.39 is 0 Å². The zero-order valence-electron chi connectivity index (χ0n) is 10.9. The summed E-state index contributed by atoms with van der Waals surface area (Å²) >= 11 is 3.44. The second kappa shape index (κ2) is 6.02. The lowest BCUT2D eigenvalue weighted by molar-refractivity contribution is 0.293. The topological polar surface area (TPSA) is 44.1 Å². The van der Waals surface area contributed by atoms with Gasteiger partial charge in [0.2, 0.25) is 0 Å². The molecule has 100 valence electrons. The first kappa shape index (κ1) is 13.8. The van der Waals surface area contributed by atoms with E-state index in [0.717, 1.165) is 15.9 Å². The molecule has 0 atom stereocenters. The largest absolute Gasteiger partial charge is 0.492 e. The van der Waals surface area contributed by atoms with Gasteiger partial charge in [0.1, 0.15) is 12.4 Å². The van der Waals surface area contributed by atoms with E-state index in [-0.39, 0.29) is 5.69 Å².